The third-order valence-corrected chi connectivity index (χ3v) is 7.66. The van der Waals surface area contributed by atoms with Crippen LogP contribution in [-0.4, -0.2) is 59.3 Å². The summed E-state index contributed by atoms with van der Waals surface area (Å²) in [4.78, 5) is 13.0. The van der Waals surface area contributed by atoms with E-state index in [-0.39, 0.29) is 6.61 Å². The summed E-state index contributed by atoms with van der Waals surface area (Å²) in [6.07, 6.45) is 0. The molecular formula is C30H32Br2O6. The Balaban J connectivity index is 1.60. The van der Waals surface area contributed by atoms with Crippen molar-refractivity contribution in [3.63, 3.8) is 0 Å². The largest absolute Gasteiger partial charge is 0.490 e. The molecule has 0 saturated carbocycles. The highest BCUT2D eigenvalue weighted by Crippen LogP contribution is 2.53. The van der Waals surface area contributed by atoms with Gasteiger partial charge in [-0.05, 0) is 78.1 Å². The number of carbonyl (C=O) groups excluding carboxylic acids is 1. The highest BCUT2D eigenvalue weighted by molar-refractivity contribution is 9.10. The molecule has 1 aliphatic rings. The third-order valence-electron chi connectivity index (χ3n) is 6.67. The van der Waals surface area contributed by atoms with Gasteiger partial charge in [0.15, 0.2) is 0 Å². The van der Waals surface area contributed by atoms with Crippen molar-refractivity contribution in [2.45, 2.75) is 19.3 Å². The Hall–Kier alpha value is -2.23. The molecule has 0 atom stereocenters. The quantitative estimate of drug-likeness (QED) is 0.151. The maximum absolute atomic E-state index is 13.0. The van der Waals surface area contributed by atoms with Crippen molar-refractivity contribution < 1.29 is 28.5 Å². The van der Waals surface area contributed by atoms with E-state index >= 15 is 0 Å². The zero-order valence-corrected chi connectivity index (χ0v) is 25.0. The van der Waals surface area contributed by atoms with Crippen LogP contribution in [0.3, 0.4) is 0 Å². The molecule has 0 spiro atoms. The fourth-order valence-corrected chi connectivity index (χ4v) is 5.52. The van der Waals surface area contributed by atoms with Crippen LogP contribution in [0.25, 0.3) is 11.1 Å². The molecule has 3 aromatic rings. The second kappa shape index (κ2) is 13.2. The first-order valence-electron chi connectivity index (χ1n) is 12.6. The van der Waals surface area contributed by atoms with E-state index < -0.39 is 11.4 Å². The van der Waals surface area contributed by atoms with E-state index in [0.717, 1.165) is 14.5 Å². The number of esters is 1. The summed E-state index contributed by atoms with van der Waals surface area (Å²) in [7, 11) is 1.64. The van der Waals surface area contributed by atoms with Crippen molar-refractivity contribution in [3.05, 3.63) is 85.8 Å². The lowest BCUT2D eigenvalue weighted by Crippen LogP contribution is -2.23. The van der Waals surface area contributed by atoms with Crippen LogP contribution in [0.4, 0.5) is 0 Å². The molecule has 202 valence electrons. The first kappa shape index (κ1) is 28.8. The zero-order chi connectivity index (χ0) is 27.1. The lowest BCUT2D eigenvalue weighted by molar-refractivity contribution is 0.0178. The maximum Gasteiger partial charge on any atom is 0.341 e. The summed E-state index contributed by atoms with van der Waals surface area (Å²) in [5.74, 6) is 0.0556. The predicted molar refractivity (Wildman–Crippen MR) is 154 cm³/mol. The number of methoxy groups -OCH3 is 1. The van der Waals surface area contributed by atoms with Gasteiger partial charge in [-0.1, -0.05) is 50.1 Å². The van der Waals surface area contributed by atoms with E-state index in [2.05, 4.69) is 75.2 Å². The van der Waals surface area contributed by atoms with Gasteiger partial charge in [0.2, 0.25) is 0 Å². The smallest absolute Gasteiger partial charge is 0.341 e. The van der Waals surface area contributed by atoms with Crippen LogP contribution in [0.5, 0.6) is 5.75 Å². The monoisotopic (exact) mass is 646 g/mol. The Morgan fingerprint density at radius 3 is 1.95 bits per heavy atom. The zero-order valence-electron chi connectivity index (χ0n) is 21.9. The van der Waals surface area contributed by atoms with Crippen LogP contribution in [-0.2, 0) is 24.4 Å². The van der Waals surface area contributed by atoms with E-state index in [0.29, 0.717) is 51.0 Å². The number of hydrogen-bond acceptors (Lipinski definition) is 6. The SMILES string of the molecule is CCOC(=O)c1cc(C2(C)c3cc(Br)ccc3-c3ccc(Br)cc32)ccc1OCCOCCOCCOC. The van der Waals surface area contributed by atoms with Crippen LogP contribution < -0.4 is 4.74 Å². The fourth-order valence-electron chi connectivity index (χ4n) is 4.80. The molecule has 6 nitrogen and oxygen atoms in total. The van der Waals surface area contributed by atoms with Crippen molar-refractivity contribution in [2.75, 3.05) is 53.4 Å². The number of halogens is 2. The lowest BCUT2D eigenvalue weighted by atomic mass is 9.74. The topological polar surface area (TPSA) is 63.2 Å². The van der Waals surface area contributed by atoms with Crippen molar-refractivity contribution in [1.82, 2.24) is 0 Å². The average Bonchev–Trinajstić information content (AvgIpc) is 3.15. The molecule has 0 fully saturated rings. The summed E-state index contributed by atoms with van der Waals surface area (Å²) < 4.78 is 29.3. The van der Waals surface area contributed by atoms with Crippen molar-refractivity contribution in [2.24, 2.45) is 0 Å². The van der Waals surface area contributed by atoms with E-state index in [1.165, 1.54) is 22.3 Å². The lowest BCUT2D eigenvalue weighted by Gasteiger charge is -2.29. The second-order valence-electron chi connectivity index (χ2n) is 9.00. The summed E-state index contributed by atoms with van der Waals surface area (Å²) in [5, 5.41) is 0. The summed E-state index contributed by atoms with van der Waals surface area (Å²) >= 11 is 7.30. The highest BCUT2D eigenvalue weighted by Gasteiger charge is 2.41. The summed E-state index contributed by atoms with van der Waals surface area (Å²) in [6, 6.07) is 18.5. The van der Waals surface area contributed by atoms with Gasteiger partial charge in [-0.3, -0.25) is 0 Å². The Kier molecular flexibility index (Phi) is 10.0. The summed E-state index contributed by atoms with van der Waals surface area (Å²) in [6.45, 7) is 6.98. The molecule has 0 bridgehead atoms. The molecular weight excluding hydrogens is 616 g/mol. The third kappa shape index (κ3) is 6.15. The maximum atomic E-state index is 13.0. The Labute approximate surface area is 240 Å². The van der Waals surface area contributed by atoms with Crippen molar-refractivity contribution in [3.8, 4) is 16.9 Å². The molecule has 38 heavy (non-hydrogen) atoms. The van der Waals surface area contributed by atoms with E-state index in [1.807, 2.05) is 18.2 Å². The molecule has 0 amide bonds. The van der Waals surface area contributed by atoms with Gasteiger partial charge in [-0.15, -0.1) is 0 Å². The van der Waals surface area contributed by atoms with Crippen molar-refractivity contribution >= 4 is 37.8 Å². The first-order valence-corrected chi connectivity index (χ1v) is 14.2. The minimum absolute atomic E-state index is 0.275. The molecule has 0 heterocycles. The van der Waals surface area contributed by atoms with E-state index in [4.69, 9.17) is 23.7 Å². The van der Waals surface area contributed by atoms with Crippen LogP contribution in [0.15, 0.2) is 63.5 Å². The Morgan fingerprint density at radius 2 is 1.37 bits per heavy atom. The van der Waals surface area contributed by atoms with Gasteiger partial charge in [0.25, 0.3) is 0 Å². The molecule has 1 aliphatic carbocycles. The van der Waals surface area contributed by atoms with E-state index in [1.54, 1.807) is 14.0 Å². The van der Waals surface area contributed by atoms with Gasteiger partial charge < -0.3 is 23.7 Å². The van der Waals surface area contributed by atoms with Gasteiger partial charge in [0.1, 0.15) is 17.9 Å². The fraction of sp³-hybridized carbons (Fsp3) is 0.367. The average molecular weight is 648 g/mol. The molecule has 8 heteroatoms. The molecule has 3 aromatic carbocycles. The number of carbonyl (C=O) groups is 1. The molecule has 0 saturated heterocycles. The van der Waals surface area contributed by atoms with Gasteiger partial charge in [-0.2, -0.15) is 0 Å². The van der Waals surface area contributed by atoms with E-state index in [9.17, 15) is 4.79 Å². The minimum atomic E-state index is -0.482. The first-order chi connectivity index (χ1) is 18.4. The van der Waals surface area contributed by atoms with Gasteiger partial charge in [0.05, 0.1) is 39.6 Å². The predicted octanol–water partition coefficient (Wildman–Crippen LogP) is 6.78. The molecule has 0 unspecified atom stereocenters. The van der Waals surface area contributed by atoms with Crippen molar-refractivity contribution in [1.29, 1.82) is 0 Å². The van der Waals surface area contributed by atoms with Crippen LogP contribution in [0.1, 0.15) is 40.9 Å². The van der Waals surface area contributed by atoms with Gasteiger partial charge in [-0.25, -0.2) is 4.79 Å². The van der Waals surface area contributed by atoms with Crippen LogP contribution >= 0.6 is 31.9 Å². The number of ether oxygens (including phenoxy) is 5. The second-order valence-corrected chi connectivity index (χ2v) is 10.8. The number of rotatable bonds is 13. The minimum Gasteiger partial charge on any atom is -0.490 e. The molecule has 0 aliphatic heterocycles. The van der Waals surface area contributed by atoms with Gasteiger partial charge in [0, 0.05) is 21.5 Å². The normalized spacial score (nSPS) is 13.2. The highest BCUT2D eigenvalue weighted by atomic mass is 79.9. The van der Waals surface area contributed by atoms with Gasteiger partial charge >= 0.3 is 5.97 Å². The molecule has 0 N–H and O–H groups in total. The molecule has 0 radical (unpaired) electrons. The Morgan fingerprint density at radius 1 is 0.789 bits per heavy atom. The number of hydrogen-bond donors (Lipinski definition) is 0. The molecule has 0 aromatic heterocycles. The number of fused-ring (bicyclic) bond motifs is 3. The summed E-state index contributed by atoms with van der Waals surface area (Å²) in [5.41, 5.74) is 5.60. The standard InChI is InChI=1S/C30H32Br2O6/c1-4-37-29(33)25-17-20(5-10-28(25)38-16-15-36-14-13-35-12-11-34-3)30(2)26-18-21(31)6-8-23(26)24-9-7-22(32)19-27(24)30/h5-10,17-19H,4,11-16H2,1-3H3. The van der Waals surface area contributed by atoms with Crippen LogP contribution in [0.2, 0.25) is 0 Å². The molecule has 4 rings (SSSR count). The Bertz CT molecular complexity index is 1220. The van der Waals surface area contributed by atoms with Crippen LogP contribution in [0, 0.1) is 0 Å². The number of benzene rings is 3.